The minimum Gasteiger partial charge on any atom is -0.275 e. The standard InChI is InChI=1S/C16H22N4O2S/c1-12(2)9-14-5-7-16(8-6-14)23(21,22)19-18-13(3)15-10-17-20(4)11-15/h5-8,10-12,19H,9H2,1-4H3/b18-13-. The average molecular weight is 334 g/mol. The Bertz CT molecular complexity index is 790. The predicted molar refractivity (Wildman–Crippen MR) is 90.7 cm³/mol. The second kappa shape index (κ2) is 6.95. The molecular formula is C16H22N4O2S. The van der Waals surface area contributed by atoms with Gasteiger partial charge in [0.1, 0.15) is 0 Å². The fourth-order valence-corrected chi connectivity index (χ4v) is 2.99. The van der Waals surface area contributed by atoms with E-state index < -0.39 is 10.0 Å². The molecule has 0 atom stereocenters. The smallest absolute Gasteiger partial charge is 0.275 e. The molecule has 2 rings (SSSR count). The van der Waals surface area contributed by atoms with E-state index in [-0.39, 0.29) is 4.90 Å². The number of hydrogen-bond acceptors (Lipinski definition) is 4. The molecular weight excluding hydrogens is 312 g/mol. The number of rotatable bonds is 6. The van der Waals surface area contributed by atoms with E-state index in [4.69, 9.17) is 0 Å². The lowest BCUT2D eigenvalue weighted by atomic mass is 10.0. The fraction of sp³-hybridized carbons (Fsp3) is 0.375. The number of benzene rings is 1. The second-order valence-electron chi connectivity index (χ2n) is 5.94. The van der Waals surface area contributed by atoms with Crippen molar-refractivity contribution in [3.05, 3.63) is 47.8 Å². The molecule has 0 aliphatic carbocycles. The van der Waals surface area contributed by atoms with Gasteiger partial charge in [0.05, 0.1) is 16.8 Å². The van der Waals surface area contributed by atoms with Crippen molar-refractivity contribution in [2.45, 2.75) is 32.1 Å². The number of nitrogens with one attached hydrogen (secondary N) is 1. The lowest BCUT2D eigenvalue weighted by Gasteiger charge is -2.07. The normalized spacial score (nSPS) is 12.7. The van der Waals surface area contributed by atoms with Gasteiger partial charge in [-0.25, -0.2) is 0 Å². The summed E-state index contributed by atoms with van der Waals surface area (Å²) in [4.78, 5) is 2.47. The monoisotopic (exact) mass is 334 g/mol. The van der Waals surface area contributed by atoms with E-state index in [1.165, 1.54) is 0 Å². The van der Waals surface area contributed by atoms with Crippen LogP contribution >= 0.6 is 0 Å². The molecule has 23 heavy (non-hydrogen) atoms. The van der Waals surface area contributed by atoms with Crippen LogP contribution in [0.25, 0.3) is 0 Å². The van der Waals surface area contributed by atoms with E-state index in [1.807, 2.05) is 12.1 Å². The Morgan fingerprint density at radius 2 is 1.96 bits per heavy atom. The Labute approximate surface area is 137 Å². The lowest BCUT2D eigenvalue weighted by molar-refractivity contribution is 0.584. The number of hydrogen-bond donors (Lipinski definition) is 1. The third-order valence-electron chi connectivity index (χ3n) is 3.33. The molecule has 0 radical (unpaired) electrons. The highest BCUT2D eigenvalue weighted by Crippen LogP contribution is 2.13. The van der Waals surface area contributed by atoms with E-state index in [0.29, 0.717) is 11.6 Å². The van der Waals surface area contributed by atoms with Crippen molar-refractivity contribution < 1.29 is 8.42 Å². The lowest BCUT2D eigenvalue weighted by Crippen LogP contribution is -2.20. The van der Waals surface area contributed by atoms with Crippen LogP contribution in [-0.2, 0) is 23.5 Å². The molecule has 124 valence electrons. The highest BCUT2D eigenvalue weighted by molar-refractivity contribution is 7.89. The number of aryl methyl sites for hydroxylation is 1. The first kappa shape index (κ1) is 17.2. The minimum atomic E-state index is -3.67. The fourth-order valence-electron chi connectivity index (χ4n) is 2.13. The number of aromatic nitrogens is 2. The summed E-state index contributed by atoms with van der Waals surface area (Å²) in [5, 5.41) is 7.98. The summed E-state index contributed by atoms with van der Waals surface area (Å²) in [6.07, 6.45) is 4.33. The van der Waals surface area contributed by atoms with Crippen LogP contribution in [0.2, 0.25) is 0 Å². The molecule has 0 bridgehead atoms. The molecule has 0 saturated heterocycles. The third kappa shape index (κ3) is 4.66. The van der Waals surface area contributed by atoms with Crippen LogP contribution in [0.4, 0.5) is 0 Å². The van der Waals surface area contributed by atoms with Crippen molar-refractivity contribution in [2.24, 2.45) is 18.1 Å². The topological polar surface area (TPSA) is 76.3 Å². The predicted octanol–water partition coefficient (Wildman–Crippen LogP) is 2.32. The molecule has 0 aliphatic rings. The zero-order valence-corrected chi connectivity index (χ0v) is 14.6. The quantitative estimate of drug-likeness (QED) is 0.650. The summed E-state index contributed by atoms with van der Waals surface area (Å²) in [6.45, 7) is 5.98. The summed E-state index contributed by atoms with van der Waals surface area (Å²) in [7, 11) is -1.88. The van der Waals surface area contributed by atoms with Crippen LogP contribution in [0.15, 0.2) is 46.7 Å². The zero-order valence-electron chi connectivity index (χ0n) is 13.8. The molecule has 6 nitrogen and oxygen atoms in total. The van der Waals surface area contributed by atoms with Crippen LogP contribution in [0.3, 0.4) is 0 Å². The summed E-state index contributed by atoms with van der Waals surface area (Å²) in [6, 6.07) is 6.89. The zero-order chi connectivity index (χ0) is 17.0. The van der Waals surface area contributed by atoms with Gasteiger partial charge in [-0.05, 0) is 37.0 Å². The molecule has 0 unspecified atom stereocenters. The van der Waals surface area contributed by atoms with E-state index in [0.717, 1.165) is 17.5 Å². The van der Waals surface area contributed by atoms with E-state index in [2.05, 4.69) is 28.9 Å². The van der Waals surface area contributed by atoms with Crippen LogP contribution in [0.1, 0.15) is 31.9 Å². The van der Waals surface area contributed by atoms with Crippen molar-refractivity contribution in [3.63, 3.8) is 0 Å². The van der Waals surface area contributed by atoms with Gasteiger partial charge in [-0.15, -0.1) is 0 Å². The average Bonchev–Trinajstić information content (AvgIpc) is 2.91. The maximum Gasteiger partial charge on any atom is 0.276 e. The molecule has 1 aromatic heterocycles. The number of hydrazone groups is 1. The first-order chi connectivity index (χ1) is 10.8. The van der Waals surface area contributed by atoms with Crippen molar-refractivity contribution >= 4 is 15.7 Å². The molecule has 1 aromatic carbocycles. The van der Waals surface area contributed by atoms with Crippen LogP contribution in [0.5, 0.6) is 0 Å². The molecule has 0 aliphatic heterocycles. The Balaban J connectivity index is 2.12. The molecule has 1 heterocycles. The summed E-state index contributed by atoms with van der Waals surface area (Å²) in [5.41, 5.74) is 2.44. The Kier molecular flexibility index (Phi) is 5.20. The third-order valence-corrected chi connectivity index (χ3v) is 4.56. The van der Waals surface area contributed by atoms with Crippen LogP contribution < -0.4 is 4.83 Å². The second-order valence-corrected chi connectivity index (χ2v) is 7.60. The molecule has 2 aromatic rings. The van der Waals surface area contributed by atoms with Gasteiger partial charge in [-0.1, -0.05) is 26.0 Å². The summed E-state index contributed by atoms with van der Waals surface area (Å²) in [5.74, 6) is 0.530. The van der Waals surface area contributed by atoms with Crippen molar-refractivity contribution in [1.29, 1.82) is 0 Å². The van der Waals surface area contributed by atoms with Crippen molar-refractivity contribution in [1.82, 2.24) is 14.6 Å². The summed E-state index contributed by atoms with van der Waals surface area (Å²) >= 11 is 0. The molecule has 0 saturated carbocycles. The Morgan fingerprint density at radius 3 is 2.48 bits per heavy atom. The largest absolute Gasteiger partial charge is 0.276 e. The Hall–Kier alpha value is -2.15. The SMILES string of the molecule is C/C(=N/NS(=O)(=O)c1ccc(CC(C)C)cc1)c1cnn(C)c1. The van der Waals surface area contributed by atoms with Gasteiger partial charge in [0.25, 0.3) is 10.0 Å². The molecule has 0 fully saturated rings. The van der Waals surface area contributed by atoms with Gasteiger partial charge >= 0.3 is 0 Å². The van der Waals surface area contributed by atoms with E-state index in [1.54, 1.807) is 43.2 Å². The van der Waals surface area contributed by atoms with Gasteiger partial charge in [-0.2, -0.15) is 23.4 Å². The van der Waals surface area contributed by atoms with Gasteiger partial charge in [0.15, 0.2) is 0 Å². The van der Waals surface area contributed by atoms with Crippen molar-refractivity contribution in [3.8, 4) is 0 Å². The van der Waals surface area contributed by atoms with Gasteiger partial charge in [-0.3, -0.25) is 4.68 Å². The number of sulfonamides is 1. The first-order valence-electron chi connectivity index (χ1n) is 7.42. The van der Waals surface area contributed by atoms with Gasteiger partial charge in [0, 0.05) is 18.8 Å². The molecule has 0 spiro atoms. The molecule has 1 N–H and O–H groups in total. The van der Waals surface area contributed by atoms with E-state index >= 15 is 0 Å². The van der Waals surface area contributed by atoms with Gasteiger partial charge < -0.3 is 0 Å². The summed E-state index contributed by atoms with van der Waals surface area (Å²) < 4.78 is 26.2. The molecule has 0 amide bonds. The highest BCUT2D eigenvalue weighted by atomic mass is 32.2. The van der Waals surface area contributed by atoms with Crippen LogP contribution in [0, 0.1) is 5.92 Å². The molecule has 7 heteroatoms. The first-order valence-corrected chi connectivity index (χ1v) is 8.90. The van der Waals surface area contributed by atoms with E-state index in [9.17, 15) is 8.42 Å². The van der Waals surface area contributed by atoms with Crippen molar-refractivity contribution in [2.75, 3.05) is 0 Å². The van der Waals surface area contributed by atoms with Crippen LogP contribution in [-0.4, -0.2) is 23.9 Å². The number of nitrogens with zero attached hydrogens (tertiary/aromatic N) is 3. The minimum absolute atomic E-state index is 0.202. The highest BCUT2D eigenvalue weighted by Gasteiger charge is 2.13. The van der Waals surface area contributed by atoms with Gasteiger partial charge in [0.2, 0.25) is 0 Å². The maximum absolute atomic E-state index is 12.3. The maximum atomic E-state index is 12.3. The Morgan fingerprint density at radius 1 is 1.30 bits per heavy atom.